The average Bonchev–Trinajstić information content (AvgIpc) is 2.26. The number of thioether (sulfide) groups is 1. The molecule has 82 valence electrons. The highest BCUT2D eigenvalue weighted by atomic mass is 32.2. The normalized spacial score (nSPS) is 9.19. The first-order chi connectivity index (χ1) is 7.61. The second-order valence-electron chi connectivity index (χ2n) is 2.94. The van der Waals surface area contributed by atoms with Gasteiger partial charge in [0.05, 0.1) is 11.6 Å². The van der Waals surface area contributed by atoms with Crippen molar-refractivity contribution in [2.24, 2.45) is 16.5 Å². The molecule has 5 nitrogen and oxygen atoms in total. The molecule has 1 aromatic carbocycles. The van der Waals surface area contributed by atoms with Gasteiger partial charge >= 0.3 is 0 Å². The van der Waals surface area contributed by atoms with Gasteiger partial charge in [-0.1, -0.05) is 23.9 Å². The van der Waals surface area contributed by atoms with Gasteiger partial charge in [0.15, 0.2) is 11.1 Å². The van der Waals surface area contributed by atoms with Crippen LogP contribution in [-0.4, -0.2) is 11.1 Å². The van der Waals surface area contributed by atoms with Crippen LogP contribution in [0.15, 0.2) is 29.3 Å². The maximum atomic E-state index is 8.70. The lowest BCUT2D eigenvalue weighted by Gasteiger charge is -2.00. The van der Waals surface area contributed by atoms with Crippen molar-refractivity contribution < 1.29 is 0 Å². The molecule has 0 heterocycles. The van der Waals surface area contributed by atoms with Crippen molar-refractivity contribution in [3.63, 3.8) is 0 Å². The fourth-order valence-electron chi connectivity index (χ4n) is 1.03. The zero-order valence-corrected chi connectivity index (χ0v) is 9.29. The maximum Gasteiger partial charge on any atom is 0.193 e. The Morgan fingerprint density at radius 2 is 2.25 bits per heavy atom. The zero-order valence-electron chi connectivity index (χ0n) is 8.47. The number of nitrogens with one attached hydrogen (secondary N) is 1. The smallest absolute Gasteiger partial charge is 0.193 e. The monoisotopic (exact) mass is 233 g/mol. The van der Waals surface area contributed by atoms with Crippen molar-refractivity contribution in [2.75, 3.05) is 0 Å². The Hall–Kier alpha value is -2.00. The maximum absolute atomic E-state index is 8.70. The summed E-state index contributed by atoms with van der Waals surface area (Å²) in [6, 6.07) is 9.25. The summed E-state index contributed by atoms with van der Waals surface area (Å²) < 4.78 is 0. The molecule has 0 spiro atoms. The topological polar surface area (TPSA) is 112 Å². The second kappa shape index (κ2) is 5.78. The molecule has 0 bridgehead atoms. The Morgan fingerprint density at radius 1 is 1.50 bits per heavy atom. The molecule has 0 aliphatic heterocycles. The SMILES string of the molecule is N#Cc1cccc(CSC(=N)N=C(N)N)c1. The van der Waals surface area contributed by atoms with Crippen LogP contribution in [0.25, 0.3) is 0 Å². The third-order valence-corrected chi connectivity index (χ3v) is 2.50. The van der Waals surface area contributed by atoms with Gasteiger partial charge in [-0.2, -0.15) is 10.3 Å². The number of nitrogens with zero attached hydrogens (tertiary/aromatic N) is 2. The highest BCUT2D eigenvalue weighted by Gasteiger charge is 1.99. The third kappa shape index (κ3) is 4.02. The highest BCUT2D eigenvalue weighted by molar-refractivity contribution is 8.13. The number of amidine groups is 1. The van der Waals surface area contributed by atoms with Crippen LogP contribution < -0.4 is 11.5 Å². The van der Waals surface area contributed by atoms with E-state index in [4.69, 9.17) is 22.1 Å². The van der Waals surface area contributed by atoms with E-state index in [-0.39, 0.29) is 11.1 Å². The third-order valence-electron chi connectivity index (χ3n) is 1.66. The Bertz CT molecular complexity index is 457. The van der Waals surface area contributed by atoms with Crippen LogP contribution in [-0.2, 0) is 5.75 Å². The van der Waals surface area contributed by atoms with Crippen molar-refractivity contribution in [1.29, 1.82) is 10.7 Å². The quantitative estimate of drug-likeness (QED) is 0.522. The van der Waals surface area contributed by atoms with Crippen molar-refractivity contribution in [2.45, 2.75) is 5.75 Å². The molecule has 1 rings (SSSR count). The molecule has 5 N–H and O–H groups in total. The minimum absolute atomic E-state index is 0.0577. The van der Waals surface area contributed by atoms with Gasteiger partial charge in [-0.25, -0.2) is 0 Å². The van der Waals surface area contributed by atoms with E-state index in [0.29, 0.717) is 11.3 Å². The molecule has 0 saturated heterocycles. The molecule has 16 heavy (non-hydrogen) atoms. The van der Waals surface area contributed by atoms with Crippen LogP contribution in [0.2, 0.25) is 0 Å². The molecule has 0 saturated carbocycles. The summed E-state index contributed by atoms with van der Waals surface area (Å²) in [5, 5.41) is 16.2. The number of hydrogen-bond donors (Lipinski definition) is 3. The van der Waals surface area contributed by atoms with E-state index in [2.05, 4.69) is 11.1 Å². The zero-order chi connectivity index (χ0) is 12.0. The van der Waals surface area contributed by atoms with E-state index >= 15 is 0 Å². The molecule has 0 aromatic heterocycles. The van der Waals surface area contributed by atoms with E-state index in [0.717, 1.165) is 5.56 Å². The average molecular weight is 233 g/mol. The van der Waals surface area contributed by atoms with Gasteiger partial charge in [0, 0.05) is 5.75 Å². The van der Waals surface area contributed by atoms with Crippen LogP contribution in [0.5, 0.6) is 0 Å². The van der Waals surface area contributed by atoms with Crippen LogP contribution in [0, 0.1) is 16.7 Å². The first kappa shape index (κ1) is 12.1. The Kier molecular flexibility index (Phi) is 4.36. The fourth-order valence-corrected chi connectivity index (χ4v) is 1.68. The number of nitrogens with two attached hydrogens (primary N) is 2. The summed E-state index contributed by atoms with van der Waals surface area (Å²) in [6.45, 7) is 0. The Balaban J connectivity index is 2.59. The molecular formula is C10H11N5S. The van der Waals surface area contributed by atoms with Gasteiger partial charge in [-0.05, 0) is 17.7 Å². The van der Waals surface area contributed by atoms with Gasteiger partial charge in [0.25, 0.3) is 0 Å². The van der Waals surface area contributed by atoms with Crippen molar-refractivity contribution in [3.8, 4) is 6.07 Å². The molecule has 0 atom stereocenters. The first-order valence-electron chi connectivity index (χ1n) is 4.42. The van der Waals surface area contributed by atoms with Crippen LogP contribution in [0.3, 0.4) is 0 Å². The van der Waals surface area contributed by atoms with Gasteiger partial charge < -0.3 is 11.5 Å². The molecule has 0 unspecified atom stereocenters. The largest absolute Gasteiger partial charge is 0.370 e. The minimum atomic E-state index is -0.122. The summed E-state index contributed by atoms with van der Waals surface area (Å²) in [6.07, 6.45) is 0. The summed E-state index contributed by atoms with van der Waals surface area (Å²) in [7, 11) is 0. The van der Waals surface area contributed by atoms with E-state index in [9.17, 15) is 0 Å². The van der Waals surface area contributed by atoms with Gasteiger partial charge in [-0.15, -0.1) is 0 Å². The van der Waals surface area contributed by atoms with E-state index < -0.39 is 0 Å². The van der Waals surface area contributed by atoms with E-state index in [1.54, 1.807) is 18.2 Å². The molecule has 0 radical (unpaired) electrons. The van der Waals surface area contributed by atoms with Crippen molar-refractivity contribution in [1.82, 2.24) is 0 Å². The van der Waals surface area contributed by atoms with Crippen molar-refractivity contribution >= 4 is 22.9 Å². The van der Waals surface area contributed by atoms with Gasteiger partial charge in [0.2, 0.25) is 0 Å². The molecule has 0 fully saturated rings. The molecule has 6 heteroatoms. The number of aliphatic imine (C=N–C) groups is 1. The number of rotatable bonds is 2. The van der Waals surface area contributed by atoms with E-state index in [1.807, 2.05) is 6.07 Å². The Morgan fingerprint density at radius 3 is 2.88 bits per heavy atom. The first-order valence-corrected chi connectivity index (χ1v) is 5.40. The minimum Gasteiger partial charge on any atom is -0.370 e. The second-order valence-corrected chi connectivity index (χ2v) is 3.91. The van der Waals surface area contributed by atoms with Crippen LogP contribution in [0.1, 0.15) is 11.1 Å². The molecule has 0 aliphatic rings. The number of guanidine groups is 1. The predicted molar refractivity (Wildman–Crippen MR) is 66.0 cm³/mol. The predicted octanol–water partition coefficient (Wildman–Crippen LogP) is 1.000. The highest BCUT2D eigenvalue weighted by Crippen LogP contribution is 2.14. The summed E-state index contributed by atoms with van der Waals surface area (Å²) in [5.41, 5.74) is 11.8. The Labute approximate surface area is 97.7 Å². The summed E-state index contributed by atoms with van der Waals surface area (Å²) in [4.78, 5) is 3.59. The van der Waals surface area contributed by atoms with Gasteiger partial charge in [0.1, 0.15) is 0 Å². The fraction of sp³-hybridized carbons (Fsp3) is 0.100. The lowest BCUT2D eigenvalue weighted by atomic mass is 10.2. The van der Waals surface area contributed by atoms with Crippen LogP contribution in [0.4, 0.5) is 0 Å². The summed E-state index contributed by atoms with van der Waals surface area (Å²) in [5.74, 6) is 0.439. The molecule has 0 amide bonds. The summed E-state index contributed by atoms with van der Waals surface area (Å²) >= 11 is 1.20. The van der Waals surface area contributed by atoms with Gasteiger partial charge in [-0.3, -0.25) is 5.41 Å². The van der Waals surface area contributed by atoms with Crippen molar-refractivity contribution in [3.05, 3.63) is 35.4 Å². The number of benzene rings is 1. The molecule has 1 aromatic rings. The lowest BCUT2D eigenvalue weighted by molar-refractivity contribution is 1.38. The lowest BCUT2D eigenvalue weighted by Crippen LogP contribution is -2.23. The number of hydrogen-bond acceptors (Lipinski definition) is 3. The molecule has 0 aliphatic carbocycles. The van der Waals surface area contributed by atoms with E-state index in [1.165, 1.54) is 11.8 Å². The number of nitriles is 1. The molecular weight excluding hydrogens is 222 g/mol. The van der Waals surface area contributed by atoms with Crippen LogP contribution >= 0.6 is 11.8 Å². The standard InChI is InChI=1S/C10H11N5S/c11-5-7-2-1-3-8(4-7)6-16-10(14)15-9(12)13/h1-4H,6H2,(H5,12,13,14,15).